The topological polar surface area (TPSA) is 44.8 Å². The van der Waals surface area contributed by atoms with Crippen LogP contribution in [0.15, 0.2) is 0 Å². The Morgan fingerprint density at radius 2 is 2.00 bits per heavy atom. The molecule has 2 unspecified atom stereocenters. The third-order valence-corrected chi connectivity index (χ3v) is 1.43. The summed E-state index contributed by atoms with van der Waals surface area (Å²) in [5.74, 6) is 0. The normalized spacial score (nSPS) is 15.5. The minimum atomic E-state index is -0.595. The SMILES string of the molecule is CCC(OC)C(OC)OC=O. The summed E-state index contributed by atoms with van der Waals surface area (Å²) in [6.07, 6.45) is -0.0456. The first-order valence-electron chi connectivity index (χ1n) is 3.44. The second-order valence-electron chi connectivity index (χ2n) is 2.02. The quantitative estimate of drug-likeness (QED) is 0.423. The molecule has 4 heteroatoms. The van der Waals surface area contributed by atoms with Gasteiger partial charge in [0.2, 0.25) is 6.29 Å². The number of methoxy groups -OCH3 is 2. The molecule has 0 saturated carbocycles. The lowest BCUT2D eigenvalue weighted by molar-refractivity contribution is -0.187. The average molecular weight is 162 g/mol. The zero-order valence-electron chi connectivity index (χ0n) is 7.07. The summed E-state index contributed by atoms with van der Waals surface area (Å²) in [4.78, 5) is 9.95. The lowest BCUT2D eigenvalue weighted by atomic mass is 10.3. The predicted octanol–water partition coefficient (Wildman–Crippen LogP) is 0.557. The molecule has 0 aromatic rings. The van der Waals surface area contributed by atoms with Crippen molar-refractivity contribution in [2.24, 2.45) is 0 Å². The van der Waals surface area contributed by atoms with Gasteiger partial charge in [-0.3, -0.25) is 4.79 Å². The zero-order valence-corrected chi connectivity index (χ0v) is 7.07. The van der Waals surface area contributed by atoms with Gasteiger partial charge in [-0.25, -0.2) is 0 Å². The number of ether oxygens (including phenoxy) is 3. The first-order chi connectivity index (χ1) is 5.29. The molecule has 0 saturated heterocycles. The second-order valence-corrected chi connectivity index (χ2v) is 2.02. The highest BCUT2D eigenvalue weighted by atomic mass is 16.7. The van der Waals surface area contributed by atoms with E-state index in [2.05, 4.69) is 4.74 Å². The number of carbonyl (C=O) groups excluding carboxylic acids is 1. The minimum Gasteiger partial charge on any atom is -0.435 e. The van der Waals surface area contributed by atoms with E-state index in [9.17, 15) is 4.79 Å². The molecule has 11 heavy (non-hydrogen) atoms. The molecule has 0 aliphatic rings. The van der Waals surface area contributed by atoms with Crippen molar-refractivity contribution in [1.82, 2.24) is 0 Å². The van der Waals surface area contributed by atoms with Gasteiger partial charge >= 0.3 is 0 Å². The smallest absolute Gasteiger partial charge is 0.295 e. The van der Waals surface area contributed by atoms with Crippen LogP contribution in [0.2, 0.25) is 0 Å². The maximum absolute atomic E-state index is 9.95. The van der Waals surface area contributed by atoms with E-state index >= 15 is 0 Å². The highest BCUT2D eigenvalue weighted by molar-refractivity contribution is 5.37. The molecule has 0 spiro atoms. The molecule has 66 valence electrons. The van der Waals surface area contributed by atoms with Crippen molar-refractivity contribution in [3.8, 4) is 0 Å². The first-order valence-corrected chi connectivity index (χ1v) is 3.44. The van der Waals surface area contributed by atoms with Gasteiger partial charge in [0.25, 0.3) is 6.47 Å². The molecule has 0 aromatic heterocycles. The van der Waals surface area contributed by atoms with Gasteiger partial charge < -0.3 is 14.2 Å². The summed E-state index contributed by atoms with van der Waals surface area (Å²) >= 11 is 0. The minimum absolute atomic E-state index is 0.190. The van der Waals surface area contributed by atoms with Gasteiger partial charge in [0.05, 0.1) is 0 Å². The number of rotatable bonds is 6. The summed E-state index contributed by atoms with van der Waals surface area (Å²) in [5.41, 5.74) is 0. The highest BCUT2D eigenvalue weighted by Crippen LogP contribution is 2.06. The number of hydrogen-bond donors (Lipinski definition) is 0. The van der Waals surface area contributed by atoms with Crippen LogP contribution in [-0.2, 0) is 19.0 Å². The van der Waals surface area contributed by atoms with Crippen LogP contribution in [0.1, 0.15) is 13.3 Å². The Labute approximate surface area is 66.4 Å². The molecule has 0 N–H and O–H groups in total. The summed E-state index contributed by atoms with van der Waals surface area (Å²) in [6.45, 7) is 2.28. The van der Waals surface area contributed by atoms with E-state index in [0.29, 0.717) is 6.47 Å². The lowest BCUT2D eigenvalue weighted by Crippen LogP contribution is -2.31. The molecule has 0 radical (unpaired) electrons. The standard InChI is InChI=1S/C7H14O4/c1-4-6(9-2)7(10-3)11-5-8/h5-7H,4H2,1-3H3. The highest BCUT2D eigenvalue weighted by Gasteiger charge is 2.19. The Morgan fingerprint density at radius 3 is 2.27 bits per heavy atom. The van der Waals surface area contributed by atoms with Crippen LogP contribution in [0, 0.1) is 0 Å². The van der Waals surface area contributed by atoms with Crippen molar-refractivity contribution in [2.75, 3.05) is 14.2 Å². The molecule has 0 rings (SSSR count). The van der Waals surface area contributed by atoms with E-state index in [1.807, 2.05) is 6.92 Å². The molecule has 0 aromatic carbocycles. The average Bonchev–Trinajstić information content (AvgIpc) is 2.05. The van der Waals surface area contributed by atoms with Gasteiger partial charge in [-0.2, -0.15) is 0 Å². The second kappa shape index (κ2) is 6.12. The molecule has 0 amide bonds. The third-order valence-electron chi connectivity index (χ3n) is 1.43. The lowest BCUT2D eigenvalue weighted by Gasteiger charge is -2.21. The first kappa shape index (κ1) is 10.4. The van der Waals surface area contributed by atoms with Gasteiger partial charge in [0.1, 0.15) is 6.10 Å². The van der Waals surface area contributed by atoms with Gasteiger partial charge in [0.15, 0.2) is 0 Å². The monoisotopic (exact) mass is 162 g/mol. The van der Waals surface area contributed by atoms with E-state index in [1.54, 1.807) is 7.11 Å². The fourth-order valence-electron chi connectivity index (χ4n) is 0.820. The summed E-state index contributed by atoms with van der Waals surface area (Å²) in [5, 5.41) is 0. The third kappa shape index (κ3) is 3.34. The fraction of sp³-hybridized carbons (Fsp3) is 0.857. The molecular weight excluding hydrogens is 148 g/mol. The molecule has 0 heterocycles. The van der Waals surface area contributed by atoms with Crippen LogP contribution in [0.25, 0.3) is 0 Å². The van der Waals surface area contributed by atoms with E-state index in [-0.39, 0.29) is 6.10 Å². The van der Waals surface area contributed by atoms with E-state index in [4.69, 9.17) is 9.47 Å². The van der Waals surface area contributed by atoms with Crippen molar-refractivity contribution in [3.05, 3.63) is 0 Å². The van der Waals surface area contributed by atoms with E-state index in [1.165, 1.54) is 7.11 Å². The summed E-state index contributed by atoms with van der Waals surface area (Å²) in [7, 11) is 3.02. The zero-order chi connectivity index (χ0) is 8.69. The van der Waals surface area contributed by atoms with Crippen molar-refractivity contribution >= 4 is 6.47 Å². The molecule has 2 atom stereocenters. The van der Waals surface area contributed by atoms with Crippen LogP contribution >= 0.6 is 0 Å². The fourth-order valence-corrected chi connectivity index (χ4v) is 0.820. The Balaban J connectivity index is 3.85. The number of carbonyl (C=O) groups is 1. The summed E-state index contributed by atoms with van der Waals surface area (Å²) < 4.78 is 14.5. The van der Waals surface area contributed by atoms with Crippen molar-refractivity contribution in [2.45, 2.75) is 25.7 Å². The maximum Gasteiger partial charge on any atom is 0.295 e. The van der Waals surface area contributed by atoms with Crippen LogP contribution in [-0.4, -0.2) is 33.1 Å². The van der Waals surface area contributed by atoms with E-state index < -0.39 is 6.29 Å². The van der Waals surface area contributed by atoms with Gasteiger partial charge in [-0.1, -0.05) is 6.92 Å². The predicted molar refractivity (Wildman–Crippen MR) is 39.0 cm³/mol. The molecule has 4 nitrogen and oxygen atoms in total. The van der Waals surface area contributed by atoms with Crippen molar-refractivity contribution in [3.63, 3.8) is 0 Å². The van der Waals surface area contributed by atoms with Crippen LogP contribution in [0.5, 0.6) is 0 Å². The van der Waals surface area contributed by atoms with Gasteiger partial charge in [-0.05, 0) is 6.42 Å². The Bertz CT molecular complexity index is 101. The van der Waals surface area contributed by atoms with Gasteiger partial charge in [-0.15, -0.1) is 0 Å². The van der Waals surface area contributed by atoms with Gasteiger partial charge in [0, 0.05) is 14.2 Å². The largest absolute Gasteiger partial charge is 0.435 e. The number of hydrogen-bond acceptors (Lipinski definition) is 4. The van der Waals surface area contributed by atoms with Crippen molar-refractivity contribution in [1.29, 1.82) is 0 Å². The van der Waals surface area contributed by atoms with Crippen LogP contribution < -0.4 is 0 Å². The van der Waals surface area contributed by atoms with Crippen LogP contribution in [0.4, 0.5) is 0 Å². The van der Waals surface area contributed by atoms with Crippen LogP contribution in [0.3, 0.4) is 0 Å². The Kier molecular flexibility index (Phi) is 5.78. The Morgan fingerprint density at radius 1 is 1.36 bits per heavy atom. The Hall–Kier alpha value is -0.610. The van der Waals surface area contributed by atoms with E-state index in [0.717, 1.165) is 6.42 Å². The maximum atomic E-state index is 9.95. The summed E-state index contributed by atoms with van der Waals surface area (Å²) in [6, 6.07) is 0. The van der Waals surface area contributed by atoms with Crippen molar-refractivity contribution < 1.29 is 19.0 Å². The molecule has 0 fully saturated rings. The molecule has 0 aliphatic heterocycles. The molecular formula is C7H14O4. The molecule has 0 aliphatic carbocycles. The molecule has 0 bridgehead atoms.